The maximum atomic E-state index is 10.6. The Hall–Kier alpha value is -2.24. The number of aliphatic hydroxyl groups is 2. The lowest BCUT2D eigenvalue weighted by Gasteiger charge is -2.35. The molecule has 0 bridgehead atoms. The molecule has 2 saturated heterocycles. The number of rotatable bonds is 6. The van der Waals surface area contributed by atoms with Gasteiger partial charge in [0.2, 0.25) is 0 Å². The third kappa shape index (κ3) is 4.68. The highest BCUT2D eigenvalue weighted by molar-refractivity contribution is 5.30. The van der Waals surface area contributed by atoms with Crippen molar-refractivity contribution in [2.75, 3.05) is 6.61 Å². The van der Waals surface area contributed by atoms with Crippen LogP contribution in [-0.2, 0) is 32.0 Å². The van der Waals surface area contributed by atoms with E-state index in [0.29, 0.717) is 6.42 Å². The van der Waals surface area contributed by atoms with Crippen molar-refractivity contribution in [1.29, 1.82) is 0 Å². The normalized spacial score (nSPS) is 29.7. The third-order valence-corrected chi connectivity index (χ3v) is 5.46. The minimum absolute atomic E-state index is 0.242. The maximum absolute atomic E-state index is 10.6. The first-order valence-corrected chi connectivity index (χ1v) is 10.5. The lowest BCUT2D eigenvalue weighted by Crippen LogP contribution is -2.55. The van der Waals surface area contributed by atoms with Gasteiger partial charge in [0, 0.05) is 6.42 Å². The Bertz CT molecular complexity index is 919. The summed E-state index contributed by atoms with van der Waals surface area (Å²) >= 11 is 0. The molecule has 4 rings (SSSR count). The van der Waals surface area contributed by atoms with Crippen molar-refractivity contribution in [3.8, 4) is 11.8 Å². The minimum atomic E-state index is -1.31. The van der Waals surface area contributed by atoms with Gasteiger partial charge in [-0.3, -0.25) is 0 Å². The summed E-state index contributed by atoms with van der Waals surface area (Å²) in [5.74, 6) is 5.52. The van der Waals surface area contributed by atoms with Gasteiger partial charge < -0.3 is 29.2 Å². The zero-order valence-corrected chi connectivity index (χ0v) is 17.7. The van der Waals surface area contributed by atoms with Gasteiger partial charge in [0.25, 0.3) is 0 Å². The minimum Gasteiger partial charge on any atom is -0.394 e. The van der Waals surface area contributed by atoms with Crippen LogP contribution in [0.4, 0.5) is 0 Å². The van der Waals surface area contributed by atoms with E-state index < -0.39 is 42.6 Å². The number of benzene rings is 2. The zero-order chi connectivity index (χ0) is 21.9. The van der Waals surface area contributed by atoms with Crippen LogP contribution in [-0.4, -0.2) is 52.8 Å². The molecule has 2 aliphatic rings. The standard InChI is InChI=1S/C25H28O6/c1-24(2)30-22-23(31-24)29-21(20(27)16-26)25(22,28-17-19-12-7-4-8-13-19)15-9-14-18-10-5-3-6-11-18/h3-8,10-13,20-23,26-27H,14,16-17H2,1-2H3/t20-,21-,22+,23-,25-/m1/s1. The van der Waals surface area contributed by atoms with Crippen molar-refractivity contribution < 1.29 is 29.2 Å². The van der Waals surface area contributed by atoms with Gasteiger partial charge in [-0.05, 0) is 25.0 Å². The molecule has 0 aliphatic carbocycles. The van der Waals surface area contributed by atoms with Crippen LogP contribution in [0.1, 0.15) is 25.0 Å². The summed E-state index contributed by atoms with van der Waals surface area (Å²) in [5.41, 5.74) is 0.697. The first kappa shape index (κ1) is 22.0. The van der Waals surface area contributed by atoms with E-state index in [9.17, 15) is 10.2 Å². The Morgan fingerprint density at radius 1 is 1.00 bits per heavy atom. The highest BCUT2D eigenvalue weighted by Crippen LogP contribution is 2.46. The monoisotopic (exact) mass is 424 g/mol. The fraction of sp³-hybridized carbons (Fsp3) is 0.440. The van der Waals surface area contributed by atoms with Crippen LogP contribution in [0.15, 0.2) is 60.7 Å². The molecule has 2 heterocycles. The molecule has 6 nitrogen and oxygen atoms in total. The fourth-order valence-corrected chi connectivity index (χ4v) is 4.00. The molecule has 0 aromatic heterocycles. The van der Waals surface area contributed by atoms with Gasteiger partial charge in [0.05, 0.1) is 13.2 Å². The average molecular weight is 424 g/mol. The SMILES string of the molecule is CC1(C)O[C@H]2O[C@H]([C@H](O)CO)[C@@](C#CCc3ccccc3)(OCc3ccccc3)[C@H]2O1. The fourth-order valence-electron chi connectivity index (χ4n) is 4.00. The molecule has 0 saturated carbocycles. The summed E-state index contributed by atoms with van der Waals surface area (Å²) in [4.78, 5) is 0. The molecular formula is C25H28O6. The second-order valence-electron chi connectivity index (χ2n) is 8.26. The molecule has 2 N–H and O–H groups in total. The highest BCUT2D eigenvalue weighted by Gasteiger charge is 2.65. The van der Waals surface area contributed by atoms with Gasteiger partial charge in [-0.25, -0.2) is 0 Å². The van der Waals surface area contributed by atoms with Crippen molar-refractivity contribution in [3.63, 3.8) is 0 Å². The van der Waals surface area contributed by atoms with Gasteiger partial charge in [0.1, 0.15) is 12.2 Å². The summed E-state index contributed by atoms with van der Waals surface area (Å²) in [6.45, 7) is 3.34. The number of hydrogen-bond donors (Lipinski definition) is 2. The summed E-state index contributed by atoms with van der Waals surface area (Å²) in [6.07, 6.45) is -3.08. The molecule has 5 atom stereocenters. The quantitative estimate of drug-likeness (QED) is 0.694. The summed E-state index contributed by atoms with van der Waals surface area (Å²) in [6, 6.07) is 19.6. The number of fused-ring (bicyclic) bond motifs is 1. The molecule has 0 radical (unpaired) electrons. The van der Waals surface area contributed by atoms with E-state index in [1.807, 2.05) is 60.7 Å². The topological polar surface area (TPSA) is 77.4 Å². The van der Waals surface area contributed by atoms with Crippen LogP contribution in [0.5, 0.6) is 0 Å². The predicted octanol–water partition coefficient (Wildman–Crippen LogP) is 2.42. The number of ether oxygens (including phenoxy) is 4. The molecule has 0 unspecified atom stereocenters. The van der Waals surface area contributed by atoms with Crippen LogP contribution in [0.25, 0.3) is 0 Å². The van der Waals surface area contributed by atoms with Gasteiger partial charge in [-0.15, -0.1) is 0 Å². The lowest BCUT2D eigenvalue weighted by atomic mass is 9.89. The van der Waals surface area contributed by atoms with Crippen LogP contribution in [0, 0.1) is 11.8 Å². The molecule has 0 spiro atoms. The average Bonchev–Trinajstić information content (AvgIpc) is 3.24. The lowest BCUT2D eigenvalue weighted by molar-refractivity contribution is -0.243. The Morgan fingerprint density at radius 3 is 2.29 bits per heavy atom. The van der Waals surface area contributed by atoms with E-state index in [1.54, 1.807) is 13.8 Å². The molecule has 2 aromatic rings. The summed E-state index contributed by atoms with van der Waals surface area (Å²) in [5, 5.41) is 20.2. The molecular weight excluding hydrogens is 396 g/mol. The zero-order valence-electron chi connectivity index (χ0n) is 17.7. The highest BCUT2D eigenvalue weighted by atomic mass is 16.8. The summed E-state index contributed by atoms with van der Waals surface area (Å²) in [7, 11) is 0. The first-order chi connectivity index (χ1) is 14.9. The smallest absolute Gasteiger partial charge is 0.191 e. The maximum Gasteiger partial charge on any atom is 0.191 e. The van der Waals surface area contributed by atoms with E-state index in [4.69, 9.17) is 18.9 Å². The van der Waals surface area contributed by atoms with Crippen LogP contribution in [0.3, 0.4) is 0 Å². The van der Waals surface area contributed by atoms with Gasteiger partial charge in [-0.1, -0.05) is 72.5 Å². The number of aliphatic hydroxyl groups excluding tert-OH is 2. The van der Waals surface area contributed by atoms with Crippen LogP contribution < -0.4 is 0 Å². The Morgan fingerprint density at radius 2 is 1.65 bits per heavy atom. The van der Waals surface area contributed by atoms with Crippen molar-refractivity contribution in [1.82, 2.24) is 0 Å². The molecule has 31 heavy (non-hydrogen) atoms. The predicted molar refractivity (Wildman–Crippen MR) is 114 cm³/mol. The van der Waals surface area contributed by atoms with Crippen molar-refractivity contribution >= 4 is 0 Å². The van der Waals surface area contributed by atoms with Gasteiger partial charge >= 0.3 is 0 Å². The molecule has 164 valence electrons. The number of hydrogen-bond acceptors (Lipinski definition) is 6. The van der Waals surface area contributed by atoms with Crippen molar-refractivity contribution in [2.24, 2.45) is 0 Å². The van der Waals surface area contributed by atoms with E-state index in [-0.39, 0.29) is 6.61 Å². The van der Waals surface area contributed by atoms with Gasteiger partial charge in [-0.2, -0.15) is 0 Å². The largest absolute Gasteiger partial charge is 0.394 e. The van der Waals surface area contributed by atoms with Crippen molar-refractivity contribution in [2.45, 2.75) is 62.9 Å². The van der Waals surface area contributed by atoms with Crippen molar-refractivity contribution in [3.05, 3.63) is 71.8 Å². The van der Waals surface area contributed by atoms with Gasteiger partial charge in [0.15, 0.2) is 23.8 Å². The second kappa shape index (κ2) is 9.09. The molecule has 6 heteroatoms. The Balaban J connectivity index is 1.69. The Kier molecular flexibility index (Phi) is 6.44. The Labute approximate surface area is 182 Å². The second-order valence-corrected chi connectivity index (χ2v) is 8.26. The summed E-state index contributed by atoms with van der Waals surface area (Å²) < 4.78 is 24.4. The van der Waals surface area contributed by atoms with E-state index in [1.165, 1.54) is 0 Å². The molecule has 2 aromatic carbocycles. The van der Waals surface area contributed by atoms with Crippen LogP contribution in [0.2, 0.25) is 0 Å². The third-order valence-electron chi connectivity index (χ3n) is 5.46. The molecule has 0 amide bonds. The van der Waals surface area contributed by atoms with E-state index in [2.05, 4.69) is 11.8 Å². The molecule has 2 fully saturated rings. The molecule has 2 aliphatic heterocycles. The van der Waals surface area contributed by atoms with E-state index >= 15 is 0 Å². The first-order valence-electron chi connectivity index (χ1n) is 10.5. The van der Waals surface area contributed by atoms with Crippen LogP contribution >= 0.6 is 0 Å². The van der Waals surface area contributed by atoms with E-state index in [0.717, 1.165) is 11.1 Å².